The summed E-state index contributed by atoms with van der Waals surface area (Å²) in [4.78, 5) is 25.5. The highest BCUT2D eigenvalue weighted by atomic mass is 19.2. The monoisotopic (exact) mass is 295 g/mol. The summed E-state index contributed by atoms with van der Waals surface area (Å²) < 4.78 is 26.5. The van der Waals surface area contributed by atoms with Gasteiger partial charge in [-0.05, 0) is 25.0 Å². The Hall–Kier alpha value is -1.82. The molecule has 1 aliphatic carbocycles. The largest absolute Gasteiger partial charge is 0.396 e. The van der Waals surface area contributed by atoms with Crippen molar-refractivity contribution in [2.45, 2.75) is 25.7 Å². The van der Waals surface area contributed by atoms with Crippen molar-refractivity contribution in [1.82, 2.24) is 4.90 Å². The summed E-state index contributed by atoms with van der Waals surface area (Å²) in [5.41, 5.74) is -0.695. The zero-order valence-corrected chi connectivity index (χ0v) is 11.4. The number of amides is 2. The number of halogens is 2. The molecule has 112 valence electrons. The predicted octanol–water partition coefficient (Wildman–Crippen LogP) is 2.11. The number of fused-ring (bicyclic) bond motifs is 1. The average molecular weight is 295 g/mol. The molecular formula is C15H15F2NO3. The van der Waals surface area contributed by atoms with E-state index in [0.717, 1.165) is 42.7 Å². The quantitative estimate of drug-likeness (QED) is 0.869. The fourth-order valence-electron chi connectivity index (χ4n) is 3.25. The highest BCUT2D eigenvalue weighted by Crippen LogP contribution is 2.40. The minimum absolute atomic E-state index is 0.0963. The van der Waals surface area contributed by atoms with Crippen LogP contribution in [-0.2, 0) is 0 Å². The SMILES string of the molecule is O=C1c2cc(F)c(F)cc2C(=O)N1CC1(CO)CCCC1. The molecule has 1 aromatic rings. The summed E-state index contributed by atoms with van der Waals surface area (Å²) in [6, 6.07) is 1.54. The van der Waals surface area contributed by atoms with Crippen LogP contribution in [0, 0.1) is 17.0 Å². The first kappa shape index (κ1) is 14.1. The van der Waals surface area contributed by atoms with Gasteiger partial charge < -0.3 is 5.11 Å². The number of rotatable bonds is 3. The summed E-state index contributed by atoms with van der Waals surface area (Å²) in [6.45, 7) is -0.0117. The van der Waals surface area contributed by atoms with Gasteiger partial charge in [0.2, 0.25) is 0 Å². The Kier molecular flexibility index (Phi) is 3.28. The molecule has 2 amide bonds. The third kappa shape index (κ3) is 2.14. The van der Waals surface area contributed by atoms with Crippen LogP contribution < -0.4 is 0 Å². The topological polar surface area (TPSA) is 57.6 Å². The highest BCUT2D eigenvalue weighted by Gasteiger charge is 2.43. The van der Waals surface area contributed by atoms with Crippen molar-refractivity contribution in [3.63, 3.8) is 0 Å². The van der Waals surface area contributed by atoms with E-state index in [-0.39, 0.29) is 24.3 Å². The Balaban J connectivity index is 1.93. The van der Waals surface area contributed by atoms with Crippen LogP contribution in [0.15, 0.2) is 12.1 Å². The zero-order valence-electron chi connectivity index (χ0n) is 11.4. The predicted molar refractivity (Wildman–Crippen MR) is 69.7 cm³/mol. The van der Waals surface area contributed by atoms with Gasteiger partial charge in [0.15, 0.2) is 11.6 Å². The summed E-state index contributed by atoms with van der Waals surface area (Å²) in [6.07, 6.45) is 3.35. The molecule has 0 bridgehead atoms. The van der Waals surface area contributed by atoms with Crippen molar-refractivity contribution in [2.75, 3.05) is 13.2 Å². The molecule has 0 radical (unpaired) electrons. The lowest BCUT2D eigenvalue weighted by Gasteiger charge is -2.30. The van der Waals surface area contributed by atoms with Crippen LogP contribution in [0.4, 0.5) is 8.78 Å². The molecule has 21 heavy (non-hydrogen) atoms. The second kappa shape index (κ2) is 4.87. The van der Waals surface area contributed by atoms with Gasteiger partial charge in [0, 0.05) is 12.0 Å². The van der Waals surface area contributed by atoms with Crippen LogP contribution in [0.1, 0.15) is 46.4 Å². The van der Waals surface area contributed by atoms with E-state index in [2.05, 4.69) is 0 Å². The minimum atomic E-state index is -1.14. The summed E-state index contributed by atoms with van der Waals surface area (Å²) in [5.74, 6) is -3.52. The molecule has 0 aromatic heterocycles. The summed E-state index contributed by atoms with van der Waals surface area (Å²) in [5, 5.41) is 9.59. The van der Waals surface area contributed by atoms with Gasteiger partial charge in [0.25, 0.3) is 11.8 Å². The van der Waals surface area contributed by atoms with E-state index < -0.39 is 28.9 Å². The number of carbonyl (C=O) groups excluding carboxylic acids is 2. The zero-order chi connectivity index (χ0) is 15.2. The smallest absolute Gasteiger partial charge is 0.261 e. The Morgan fingerprint density at radius 3 is 1.95 bits per heavy atom. The number of carbonyl (C=O) groups is 2. The highest BCUT2D eigenvalue weighted by molar-refractivity contribution is 6.21. The first-order valence-electron chi connectivity index (χ1n) is 6.93. The third-order valence-corrected chi connectivity index (χ3v) is 4.50. The van der Waals surface area contributed by atoms with E-state index in [0.29, 0.717) is 0 Å². The standard InChI is InChI=1S/C15H15F2NO3/c16-11-5-9-10(6-12(11)17)14(21)18(13(9)20)7-15(8-19)3-1-2-4-15/h5-6,19H,1-4,7-8H2. The van der Waals surface area contributed by atoms with Gasteiger partial charge in [-0.2, -0.15) is 0 Å². The molecule has 0 spiro atoms. The van der Waals surface area contributed by atoms with Crippen molar-refractivity contribution in [3.05, 3.63) is 34.9 Å². The van der Waals surface area contributed by atoms with E-state index in [9.17, 15) is 23.5 Å². The maximum Gasteiger partial charge on any atom is 0.261 e. The molecule has 1 aliphatic heterocycles. The molecule has 1 aromatic carbocycles. The lowest BCUT2D eigenvalue weighted by molar-refractivity contribution is 0.0475. The fraction of sp³-hybridized carbons (Fsp3) is 0.467. The first-order valence-corrected chi connectivity index (χ1v) is 6.93. The molecule has 1 N–H and O–H groups in total. The van der Waals surface area contributed by atoms with Crippen molar-refractivity contribution >= 4 is 11.8 Å². The van der Waals surface area contributed by atoms with Gasteiger partial charge in [-0.3, -0.25) is 14.5 Å². The summed E-state index contributed by atoms with van der Waals surface area (Å²) in [7, 11) is 0. The van der Waals surface area contributed by atoms with Crippen LogP contribution in [0.2, 0.25) is 0 Å². The van der Waals surface area contributed by atoms with Crippen molar-refractivity contribution in [1.29, 1.82) is 0 Å². The molecule has 1 fully saturated rings. The molecule has 0 unspecified atom stereocenters. The Morgan fingerprint density at radius 2 is 1.52 bits per heavy atom. The molecule has 2 aliphatic rings. The lowest BCUT2D eigenvalue weighted by atomic mass is 9.86. The van der Waals surface area contributed by atoms with Gasteiger partial charge in [-0.15, -0.1) is 0 Å². The van der Waals surface area contributed by atoms with Crippen LogP contribution >= 0.6 is 0 Å². The van der Waals surface area contributed by atoms with Crippen molar-refractivity contribution in [2.24, 2.45) is 5.41 Å². The number of aliphatic hydroxyl groups is 1. The van der Waals surface area contributed by atoms with E-state index in [1.54, 1.807) is 0 Å². The van der Waals surface area contributed by atoms with Crippen LogP contribution in [0.25, 0.3) is 0 Å². The van der Waals surface area contributed by atoms with Crippen LogP contribution in [0.5, 0.6) is 0 Å². The second-order valence-electron chi connectivity index (χ2n) is 5.87. The van der Waals surface area contributed by atoms with E-state index in [1.807, 2.05) is 0 Å². The van der Waals surface area contributed by atoms with Crippen molar-refractivity contribution in [3.8, 4) is 0 Å². The van der Waals surface area contributed by atoms with Crippen LogP contribution in [0.3, 0.4) is 0 Å². The lowest BCUT2D eigenvalue weighted by Crippen LogP contribution is -2.41. The number of aliphatic hydroxyl groups excluding tert-OH is 1. The number of imide groups is 1. The first-order chi connectivity index (χ1) is 9.97. The molecule has 6 heteroatoms. The molecule has 4 nitrogen and oxygen atoms in total. The van der Waals surface area contributed by atoms with Gasteiger partial charge in [-0.25, -0.2) is 8.78 Å². The fourth-order valence-corrected chi connectivity index (χ4v) is 3.25. The summed E-state index contributed by atoms with van der Waals surface area (Å²) >= 11 is 0. The minimum Gasteiger partial charge on any atom is -0.396 e. The van der Waals surface area contributed by atoms with E-state index in [1.165, 1.54) is 0 Å². The maximum absolute atomic E-state index is 13.3. The molecular weight excluding hydrogens is 280 g/mol. The van der Waals surface area contributed by atoms with Gasteiger partial charge in [-0.1, -0.05) is 12.8 Å². The Bertz CT molecular complexity index is 583. The molecule has 0 atom stereocenters. The van der Waals surface area contributed by atoms with Gasteiger partial charge >= 0.3 is 0 Å². The van der Waals surface area contributed by atoms with Crippen molar-refractivity contribution < 1.29 is 23.5 Å². The third-order valence-electron chi connectivity index (χ3n) is 4.50. The number of nitrogens with zero attached hydrogens (tertiary/aromatic N) is 1. The number of benzene rings is 1. The van der Waals surface area contributed by atoms with E-state index in [4.69, 9.17) is 0 Å². The normalized spacial score (nSPS) is 20.2. The van der Waals surface area contributed by atoms with Crippen LogP contribution in [-0.4, -0.2) is 35.0 Å². The maximum atomic E-state index is 13.3. The Morgan fingerprint density at radius 1 is 1.05 bits per heavy atom. The molecule has 3 rings (SSSR count). The average Bonchev–Trinajstić information content (AvgIpc) is 3.02. The molecule has 1 heterocycles. The van der Waals surface area contributed by atoms with Gasteiger partial charge in [0.1, 0.15) is 0 Å². The Labute approximate surface area is 120 Å². The van der Waals surface area contributed by atoms with E-state index >= 15 is 0 Å². The molecule has 1 saturated carbocycles. The second-order valence-corrected chi connectivity index (χ2v) is 5.87. The number of hydrogen-bond donors (Lipinski definition) is 1. The van der Waals surface area contributed by atoms with Gasteiger partial charge in [0.05, 0.1) is 17.7 Å². The number of hydrogen-bond acceptors (Lipinski definition) is 3. The molecule has 0 saturated heterocycles.